The molecule has 0 fully saturated rings. The molecule has 0 saturated carbocycles. The summed E-state index contributed by atoms with van der Waals surface area (Å²) in [5, 5.41) is 0. The number of rotatable bonds is 3. The number of aryl methyl sites for hydroxylation is 1. The molecule has 2 N–H and O–H groups in total. The van der Waals surface area contributed by atoms with Gasteiger partial charge in [0.05, 0.1) is 17.6 Å². The zero-order valence-corrected chi connectivity index (χ0v) is 10.1. The maximum Gasteiger partial charge on any atom is 0.0738 e. The highest BCUT2D eigenvalue weighted by Crippen LogP contribution is 2.21. The molecular weight excluding hydrogens is 212 g/mol. The lowest BCUT2D eigenvalue weighted by Gasteiger charge is -2.20. The van der Waals surface area contributed by atoms with E-state index in [9.17, 15) is 0 Å². The van der Waals surface area contributed by atoms with Crippen LogP contribution in [0.15, 0.2) is 36.9 Å². The van der Waals surface area contributed by atoms with Gasteiger partial charge in [-0.05, 0) is 24.1 Å². The Balaban J connectivity index is 2.17. The minimum Gasteiger partial charge on any atom is -0.396 e. The molecule has 0 radical (unpaired) electrons. The summed E-state index contributed by atoms with van der Waals surface area (Å²) < 4.78 is 0. The van der Waals surface area contributed by atoms with Gasteiger partial charge in [0.1, 0.15) is 0 Å². The number of nitrogens with zero attached hydrogens (tertiary/aromatic N) is 3. The van der Waals surface area contributed by atoms with Crippen LogP contribution in [-0.2, 0) is 6.54 Å². The summed E-state index contributed by atoms with van der Waals surface area (Å²) in [6.07, 6.45) is 7.14. The molecule has 2 heterocycles. The van der Waals surface area contributed by atoms with Crippen molar-refractivity contribution in [1.29, 1.82) is 0 Å². The van der Waals surface area contributed by atoms with Crippen LogP contribution in [0.1, 0.15) is 11.1 Å². The summed E-state index contributed by atoms with van der Waals surface area (Å²) in [7, 11) is 2.01. The normalized spacial score (nSPS) is 10.2. The lowest BCUT2D eigenvalue weighted by atomic mass is 10.2. The topological polar surface area (TPSA) is 55.0 Å². The van der Waals surface area contributed by atoms with Gasteiger partial charge in [0.25, 0.3) is 0 Å². The molecule has 2 aromatic heterocycles. The number of hydrogen-bond donors (Lipinski definition) is 1. The zero-order valence-electron chi connectivity index (χ0n) is 10.1. The van der Waals surface area contributed by atoms with Crippen molar-refractivity contribution in [2.45, 2.75) is 13.5 Å². The molecule has 0 spiro atoms. The van der Waals surface area contributed by atoms with Crippen molar-refractivity contribution in [1.82, 2.24) is 9.97 Å². The Kier molecular flexibility index (Phi) is 3.23. The van der Waals surface area contributed by atoms with Crippen molar-refractivity contribution in [3.63, 3.8) is 0 Å². The van der Waals surface area contributed by atoms with E-state index < -0.39 is 0 Å². The quantitative estimate of drug-likeness (QED) is 0.873. The third-order valence-electron chi connectivity index (χ3n) is 2.59. The molecule has 0 bridgehead atoms. The van der Waals surface area contributed by atoms with Gasteiger partial charge < -0.3 is 10.6 Å². The van der Waals surface area contributed by atoms with E-state index in [1.165, 1.54) is 11.1 Å². The SMILES string of the molecule is Cc1cncc(CN(C)c2ccncc2N)c1. The minimum absolute atomic E-state index is 0.690. The van der Waals surface area contributed by atoms with E-state index in [0.717, 1.165) is 12.2 Å². The zero-order chi connectivity index (χ0) is 12.3. The Morgan fingerprint density at radius 2 is 2.06 bits per heavy atom. The monoisotopic (exact) mass is 228 g/mol. The van der Waals surface area contributed by atoms with Gasteiger partial charge in [0.2, 0.25) is 0 Å². The third-order valence-corrected chi connectivity index (χ3v) is 2.59. The molecule has 4 heteroatoms. The molecule has 2 aromatic rings. The fraction of sp³-hybridized carbons (Fsp3) is 0.231. The maximum absolute atomic E-state index is 5.89. The molecule has 0 atom stereocenters. The molecule has 0 aliphatic carbocycles. The van der Waals surface area contributed by atoms with Gasteiger partial charge in [-0.25, -0.2) is 0 Å². The Morgan fingerprint density at radius 1 is 1.24 bits per heavy atom. The van der Waals surface area contributed by atoms with E-state index in [2.05, 4.69) is 20.9 Å². The molecule has 0 saturated heterocycles. The maximum atomic E-state index is 5.89. The number of aromatic nitrogens is 2. The fourth-order valence-corrected chi connectivity index (χ4v) is 1.81. The van der Waals surface area contributed by atoms with Crippen LogP contribution in [0.25, 0.3) is 0 Å². The number of nitrogens with two attached hydrogens (primary N) is 1. The first-order valence-electron chi connectivity index (χ1n) is 5.48. The van der Waals surface area contributed by atoms with E-state index in [-0.39, 0.29) is 0 Å². The van der Waals surface area contributed by atoms with Gasteiger partial charge in [-0.1, -0.05) is 6.07 Å². The van der Waals surface area contributed by atoms with Gasteiger partial charge in [-0.3, -0.25) is 9.97 Å². The van der Waals surface area contributed by atoms with Crippen molar-refractivity contribution in [3.8, 4) is 0 Å². The highest BCUT2D eigenvalue weighted by molar-refractivity contribution is 5.65. The summed E-state index contributed by atoms with van der Waals surface area (Å²) in [6, 6.07) is 4.04. The van der Waals surface area contributed by atoms with Crippen molar-refractivity contribution < 1.29 is 0 Å². The summed E-state index contributed by atoms with van der Waals surface area (Å²) in [5.41, 5.74) is 9.90. The number of nitrogen functional groups attached to an aromatic ring is 1. The van der Waals surface area contributed by atoms with Gasteiger partial charge in [-0.15, -0.1) is 0 Å². The van der Waals surface area contributed by atoms with Crippen molar-refractivity contribution in [3.05, 3.63) is 48.0 Å². The predicted molar refractivity (Wildman–Crippen MR) is 69.7 cm³/mol. The molecule has 0 amide bonds. The van der Waals surface area contributed by atoms with Crippen LogP contribution in [-0.4, -0.2) is 17.0 Å². The Hall–Kier alpha value is -2.10. The predicted octanol–water partition coefficient (Wildman–Crippen LogP) is 2.00. The van der Waals surface area contributed by atoms with Crippen LogP contribution >= 0.6 is 0 Å². The highest BCUT2D eigenvalue weighted by Gasteiger charge is 2.05. The van der Waals surface area contributed by atoms with Crippen molar-refractivity contribution >= 4 is 11.4 Å². The van der Waals surface area contributed by atoms with E-state index in [4.69, 9.17) is 5.73 Å². The first-order chi connectivity index (χ1) is 8.16. The van der Waals surface area contributed by atoms with E-state index >= 15 is 0 Å². The van der Waals surface area contributed by atoms with Crippen LogP contribution < -0.4 is 10.6 Å². The van der Waals surface area contributed by atoms with Crippen molar-refractivity contribution in [2.24, 2.45) is 0 Å². The molecule has 0 aliphatic rings. The van der Waals surface area contributed by atoms with E-state index in [0.29, 0.717) is 5.69 Å². The second kappa shape index (κ2) is 4.82. The average molecular weight is 228 g/mol. The second-order valence-corrected chi connectivity index (χ2v) is 4.16. The van der Waals surface area contributed by atoms with Crippen LogP contribution in [0.2, 0.25) is 0 Å². The Morgan fingerprint density at radius 3 is 2.76 bits per heavy atom. The van der Waals surface area contributed by atoms with E-state index in [1.807, 2.05) is 32.4 Å². The summed E-state index contributed by atoms with van der Waals surface area (Å²) >= 11 is 0. The molecule has 88 valence electrons. The third kappa shape index (κ3) is 2.72. The number of pyridine rings is 2. The van der Waals surface area contributed by atoms with Crippen molar-refractivity contribution in [2.75, 3.05) is 17.7 Å². The van der Waals surface area contributed by atoms with Gasteiger partial charge >= 0.3 is 0 Å². The number of anilines is 2. The first-order valence-corrected chi connectivity index (χ1v) is 5.48. The standard InChI is InChI=1S/C13H16N4/c1-10-5-11(7-16-6-10)9-17(2)13-3-4-15-8-12(13)14/h3-8H,9,14H2,1-2H3. The summed E-state index contributed by atoms with van der Waals surface area (Å²) in [6.45, 7) is 2.82. The van der Waals surface area contributed by atoms with Gasteiger partial charge in [0, 0.05) is 32.2 Å². The molecule has 17 heavy (non-hydrogen) atoms. The smallest absolute Gasteiger partial charge is 0.0738 e. The Labute approximate surface area is 101 Å². The molecule has 0 unspecified atom stereocenters. The summed E-state index contributed by atoms with van der Waals surface area (Å²) in [4.78, 5) is 10.3. The van der Waals surface area contributed by atoms with Gasteiger partial charge in [-0.2, -0.15) is 0 Å². The summed E-state index contributed by atoms with van der Waals surface area (Å²) in [5.74, 6) is 0. The second-order valence-electron chi connectivity index (χ2n) is 4.16. The van der Waals surface area contributed by atoms with E-state index in [1.54, 1.807) is 12.4 Å². The lowest BCUT2D eigenvalue weighted by molar-refractivity contribution is 0.912. The molecule has 2 rings (SSSR count). The van der Waals surface area contributed by atoms with Crippen LogP contribution in [0, 0.1) is 6.92 Å². The van der Waals surface area contributed by atoms with Crippen LogP contribution in [0.3, 0.4) is 0 Å². The molecular formula is C13H16N4. The van der Waals surface area contributed by atoms with Gasteiger partial charge in [0.15, 0.2) is 0 Å². The van der Waals surface area contributed by atoms with Crippen LogP contribution in [0.4, 0.5) is 11.4 Å². The lowest BCUT2D eigenvalue weighted by Crippen LogP contribution is -2.18. The molecule has 4 nitrogen and oxygen atoms in total. The average Bonchev–Trinajstić information content (AvgIpc) is 2.29. The minimum atomic E-state index is 0.690. The number of hydrogen-bond acceptors (Lipinski definition) is 4. The fourth-order valence-electron chi connectivity index (χ4n) is 1.81. The molecule has 0 aliphatic heterocycles. The largest absolute Gasteiger partial charge is 0.396 e. The highest BCUT2D eigenvalue weighted by atomic mass is 15.1. The first kappa shape index (κ1) is 11.4. The van der Waals surface area contributed by atoms with Crippen LogP contribution in [0.5, 0.6) is 0 Å². The Bertz CT molecular complexity index is 510. The molecule has 0 aromatic carbocycles.